The molecule has 1 unspecified atom stereocenters. The minimum absolute atomic E-state index is 0.400. The van der Waals surface area contributed by atoms with Crippen LogP contribution in [0, 0.1) is 0 Å². The zero-order valence-electron chi connectivity index (χ0n) is 14.1. The van der Waals surface area contributed by atoms with Crippen molar-refractivity contribution in [2.24, 2.45) is 0 Å². The molecule has 0 saturated heterocycles. The Morgan fingerprint density at radius 1 is 1.08 bits per heavy atom. The van der Waals surface area contributed by atoms with Crippen molar-refractivity contribution in [2.45, 2.75) is 31.2 Å². The summed E-state index contributed by atoms with van der Waals surface area (Å²) >= 11 is 0. The first-order valence-electron chi connectivity index (χ1n) is 8.36. The fourth-order valence-electron chi connectivity index (χ4n) is 2.95. The maximum absolute atomic E-state index is 12.4. The number of amides is 1. The van der Waals surface area contributed by atoms with E-state index in [2.05, 4.69) is 5.32 Å². The van der Waals surface area contributed by atoms with Gasteiger partial charge >= 0.3 is 5.97 Å². The number of hydrogen-bond acceptors (Lipinski definition) is 3. The number of carboxylic acids is 1. The number of carbonyl (C=O) groups is 2. The third kappa shape index (κ3) is 3.82. The topological polar surface area (TPSA) is 75.6 Å². The molecule has 0 spiro atoms. The van der Waals surface area contributed by atoms with Crippen LogP contribution in [0.3, 0.4) is 0 Å². The van der Waals surface area contributed by atoms with Crippen molar-refractivity contribution in [3.8, 4) is 5.75 Å². The van der Waals surface area contributed by atoms with Crippen molar-refractivity contribution in [1.82, 2.24) is 5.32 Å². The van der Waals surface area contributed by atoms with Gasteiger partial charge in [-0.3, -0.25) is 4.79 Å². The van der Waals surface area contributed by atoms with E-state index in [-0.39, 0.29) is 0 Å². The molecule has 2 N–H and O–H groups in total. The third-order valence-electron chi connectivity index (χ3n) is 4.72. The van der Waals surface area contributed by atoms with Gasteiger partial charge in [-0.1, -0.05) is 30.7 Å². The van der Waals surface area contributed by atoms with Crippen LogP contribution in [0.1, 0.15) is 52.7 Å². The van der Waals surface area contributed by atoms with Crippen molar-refractivity contribution in [3.05, 3.63) is 65.2 Å². The fourth-order valence-corrected chi connectivity index (χ4v) is 2.95. The molecule has 1 fully saturated rings. The van der Waals surface area contributed by atoms with E-state index in [9.17, 15) is 14.7 Å². The van der Waals surface area contributed by atoms with Crippen LogP contribution < -0.4 is 10.1 Å². The Labute approximate surface area is 146 Å². The predicted octanol–water partition coefficient (Wildman–Crippen LogP) is 3.52. The normalized spacial score (nSPS) is 15.1. The van der Waals surface area contributed by atoms with Crippen LogP contribution in [0.25, 0.3) is 0 Å². The number of carbonyl (C=O) groups excluding carboxylic acids is 1. The van der Waals surface area contributed by atoms with Crippen LogP contribution in [0.15, 0.2) is 48.5 Å². The lowest BCUT2D eigenvalue weighted by Crippen LogP contribution is -2.33. The van der Waals surface area contributed by atoms with Crippen LogP contribution in [-0.4, -0.2) is 24.1 Å². The lowest BCUT2D eigenvalue weighted by Gasteiger charge is -2.25. The summed E-state index contributed by atoms with van der Waals surface area (Å²) in [4.78, 5) is 24.0. The van der Waals surface area contributed by atoms with E-state index < -0.39 is 17.9 Å². The lowest BCUT2D eigenvalue weighted by atomic mass is 9.80. The molecule has 1 aliphatic carbocycles. The van der Waals surface area contributed by atoms with Crippen LogP contribution >= 0.6 is 0 Å². The van der Waals surface area contributed by atoms with E-state index in [1.165, 1.54) is 24.8 Å². The molecule has 1 amide bonds. The van der Waals surface area contributed by atoms with Gasteiger partial charge in [0, 0.05) is 5.56 Å². The zero-order chi connectivity index (χ0) is 17.8. The van der Waals surface area contributed by atoms with Gasteiger partial charge in [0.1, 0.15) is 5.75 Å². The van der Waals surface area contributed by atoms with Crippen molar-refractivity contribution in [2.75, 3.05) is 7.11 Å². The highest BCUT2D eigenvalue weighted by molar-refractivity contribution is 5.96. The van der Waals surface area contributed by atoms with E-state index >= 15 is 0 Å². The molecular weight excluding hydrogens is 318 g/mol. The number of rotatable bonds is 6. The molecule has 3 rings (SSSR count). The van der Waals surface area contributed by atoms with Gasteiger partial charge in [0.25, 0.3) is 5.91 Å². The summed E-state index contributed by atoms with van der Waals surface area (Å²) in [5.74, 6) is -0.276. The second-order valence-corrected chi connectivity index (χ2v) is 6.27. The molecule has 1 aliphatic rings. The average Bonchev–Trinajstić information content (AvgIpc) is 2.58. The molecular formula is C20H21NO4. The molecule has 0 heterocycles. The molecule has 1 saturated carbocycles. The van der Waals surface area contributed by atoms with Crippen LogP contribution in [0.2, 0.25) is 0 Å². The molecule has 5 nitrogen and oxygen atoms in total. The fraction of sp³-hybridized carbons (Fsp3) is 0.300. The van der Waals surface area contributed by atoms with Gasteiger partial charge in [-0.2, -0.15) is 0 Å². The lowest BCUT2D eigenvalue weighted by molar-refractivity contribution is -0.139. The molecule has 0 bridgehead atoms. The molecule has 2 aromatic carbocycles. The van der Waals surface area contributed by atoms with Gasteiger partial charge in [0.05, 0.1) is 7.11 Å². The molecule has 0 aliphatic heterocycles. The first kappa shape index (κ1) is 17.0. The quantitative estimate of drug-likeness (QED) is 0.844. The summed E-state index contributed by atoms with van der Waals surface area (Å²) in [6.07, 6.45) is 3.66. The minimum Gasteiger partial charge on any atom is -0.497 e. The first-order chi connectivity index (χ1) is 12.1. The van der Waals surface area contributed by atoms with Crippen LogP contribution in [0.5, 0.6) is 5.75 Å². The summed E-state index contributed by atoms with van der Waals surface area (Å²) in [6, 6.07) is 12.9. The largest absolute Gasteiger partial charge is 0.497 e. The van der Waals surface area contributed by atoms with Gasteiger partial charge in [-0.15, -0.1) is 0 Å². The smallest absolute Gasteiger partial charge is 0.330 e. The maximum Gasteiger partial charge on any atom is 0.330 e. The second-order valence-electron chi connectivity index (χ2n) is 6.27. The van der Waals surface area contributed by atoms with Gasteiger partial charge in [-0.05, 0) is 54.2 Å². The highest BCUT2D eigenvalue weighted by Crippen LogP contribution is 2.36. The zero-order valence-corrected chi connectivity index (χ0v) is 14.1. The van der Waals surface area contributed by atoms with Crippen molar-refractivity contribution >= 4 is 11.9 Å². The average molecular weight is 339 g/mol. The molecule has 25 heavy (non-hydrogen) atoms. The van der Waals surface area contributed by atoms with Crippen molar-refractivity contribution in [1.29, 1.82) is 0 Å². The Hall–Kier alpha value is -2.82. The molecule has 0 aromatic heterocycles. The Morgan fingerprint density at radius 3 is 2.20 bits per heavy atom. The summed E-state index contributed by atoms with van der Waals surface area (Å²) in [5.41, 5.74) is 2.20. The number of methoxy groups -OCH3 is 1. The van der Waals surface area contributed by atoms with E-state index in [1.54, 1.807) is 43.5 Å². The van der Waals surface area contributed by atoms with Crippen molar-refractivity contribution in [3.63, 3.8) is 0 Å². The van der Waals surface area contributed by atoms with E-state index in [0.29, 0.717) is 22.8 Å². The first-order valence-corrected chi connectivity index (χ1v) is 8.36. The number of hydrogen-bond donors (Lipinski definition) is 2. The molecule has 1 atom stereocenters. The Bertz CT molecular complexity index is 748. The Kier molecular flexibility index (Phi) is 5.03. The molecule has 2 aromatic rings. The Morgan fingerprint density at radius 2 is 1.72 bits per heavy atom. The molecule has 130 valence electrons. The standard InChI is InChI=1S/C20H21NO4/c1-25-17-11-9-15(10-12-17)18(20(23)24)21-19(22)16-7-5-14(6-8-16)13-3-2-4-13/h5-13,18H,2-4H2,1H3,(H,21,22)(H,23,24). The SMILES string of the molecule is COc1ccc(C(NC(=O)c2ccc(C3CCC3)cc2)C(=O)O)cc1. The van der Waals surface area contributed by atoms with Crippen molar-refractivity contribution < 1.29 is 19.4 Å². The van der Waals surface area contributed by atoms with Crippen LogP contribution in [0.4, 0.5) is 0 Å². The van der Waals surface area contributed by atoms with Gasteiger partial charge in [-0.25, -0.2) is 4.79 Å². The van der Waals surface area contributed by atoms with E-state index in [1.807, 2.05) is 12.1 Å². The van der Waals surface area contributed by atoms with Gasteiger partial charge in [0.15, 0.2) is 6.04 Å². The summed E-state index contributed by atoms with van der Waals surface area (Å²) in [6.45, 7) is 0. The maximum atomic E-state index is 12.4. The Balaban J connectivity index is 1.72. The molecule has 5 heteroatoms. The summed E-state index contributed by atoms with van der Waals surface area (Å²) in [7, 11) is 1.54. The van der Waals surface area contributed by atoms with Gasteiger partial charge < -0.3 is 15.2 Å². The number of nitrogens with one attached hydrogen (secondary N) is 1. The number of carboxylic acid groups (broad SMARTS) is 1. The summed E-state index contributed by atoms with van der Waals surface area (Å²) in [5, 5.41) is 12.0. The second kappa shape index (κ2) is 7.38. The highest BCUT2D eigenvalue weighted by Gasteiger charge is 2.23. The third-order valence-corrected chi connectivity index (χ3v) is 4.72. The number of aliphatic carboxylic acids is 1. The number of ether oxygens (including phenoxy) is 1. The van der Waals surface area contributed by atoms with Gasteiger partial charge in [0.2, 0.25) is 0 Å². The monoisotopic (exact) mass is 339 g/mol. The molecule has 0 radical (unpaired) electrons. The van der Waals surface area contributed by atoms with E-state index in [4.69, 9.17) is 4.74 Å². The predicted molar refractivity (Wildman–Crippen MR) is 93.9 cm³/mol. The van der Waals surface area contributed by atoms with E-state index in [0.717, 1.165) is 0 Å². The highest BCUT2D eigenvalue weighted by atomic mass is 16.5. The van der Waals surface area contributed by atoms with Crippen LogP contribution in [-0.2, 0) is 4.79 Å². The minimum atomic E-state index is -1.11. The number of benzene rings is 2. The summed E-state index contributed by atoms with van der Waals surface area (Å²) < 4.78 is 5.07.